The van der Waals surface area contributed by atoms with E-state index < -0.39 is 15.9 Å². The maximum absolute atomic E-state index is 12.5. The smallest absolute Gasteiger partial charge is 0.230 e. The number of methoxy groups -OCH3 is 1. The van der Waals surface area contributed by atoms with Crippen LogP contribution in [0.4, 0.5) is 5.13 Å². The quantitative estimate of drug-likeness (QED) is 0.847. The first-order chi connectivity index (χ1) is 11.8. The van der Waals surface area contributed by atoms with Crippen LogP contribution in [0.3, 0.4) is 0 Å². The van der Waals surface area contributed by atoms with E-state index in [0.717, 1.165) is 11.0 Å². The summed E-state index contributed by atoms with van der Waals surface area (Å²) < 4.78 is 30.7. The van der Waals surface area contributed by atoms with Crippen LogP contribution < -0.4 is 10.1 Å². The number of carbonyl (C=O) groups excluding carboxylic acids is 1. The van der Waals surface area contributed by atoms with E-state index in [1.165, 1.54) is 15.6 Å². The number of hydrogen-bond donors (Lipinski definition) is 1. The molecule has 7 nitrogen and oxygen atoms in total. The zero-order chi connectivity index (χ0) is 18.2. The zero-order valence-electron chi connectivity index (χ0n) is 13.8. The Balaban J connectivity index is 1.79. The maximum atomic E-state index is 12.5. The van der Waals surface area contributed by atoms with E-state index in [2.05, 4.69) is 10.3 Å². The summed E-state index contributed by atoms with van der Waals surface area (Å²) in [5.41, 5.74) is 0.594. The second-order valence-electron chi connectivity index (χ2n) is 5.90. The molecule has 0 radical (unpaired) electrons. The number of nitrogens with zero attached hydrogens (tertiary/aromatic N) is 2. The van der Waals surface area contributed by atoms with E-state index in [4.69, 9.17) is 16.3 Å². The number of nitrogens with one attached hydrogen (secondary N) is 1. The van der Waals surface area contributed by atoms with Gasteiger partial charge in [0.05, 0.1) is 29.0 Å². The molecular weight excluding hydrogens is 386 g/mol. The molecule has 1 aliphatic rings. The van der Waals surface area contributed by atoms with Gasteiger partial charge in [-0.1, -0.05) is 22.9 Å². The summed E-state index contributed by atoms with van der Waals surface area (Å²) in [5.74, 6) is -0.0487. The topological polar surface area (TPSA) is 88.6 Å². The van der Waals surface area contributed by atoms with E-state index in [9.17, 15) is 13.2 Å². The van der Waals surface area contributed by atoms with Crippen LogP contribution in [-0.2, 0) is 14.8 Å². The predicted molar refractivity (Wildman–Crippen MR) is 99.0 cm³/mol. The number of anilines is 1. The van der Waals surface area contributed by atoms with Gasteiger partial charge in [0, 0.05) is 13.1 Å². The number of benzene rings is 1. The fraction of sp³-hybridized carbons (Fsp3) is 0.467. The Hall–Kier alpha value is -1.42. The van der Waals surface area contributed by atoms with Gasteiger partial charge >= 0.3 is 0 Å². The van der Waals surface area contributed by atoms with E-state index in [1.54, 1.807) is 19.2 Å². The van der Waals surface area contributed by atoms with Crippen molar-refractivity contribution >= 4 is 54.2 Å². The van der Waals surface area contributed by atoms with Crippen molar-refractivity contribution in [2.75, 3.05) is 31.8 Å². The molecule has 0 bridgehead atoms. The predicted octanol–water partition coefficient (Wildman–Crippen LogP) is 2.57. The summed E-state index contributed by atoms with van der Waals surface area (Å²) in [6.45, 7) is 0.649. The third kappa shape index (κ3) is 3.89. The Morgan fingerprint density at radius 3 is 2.92 bits per heavy atom. The molecule has 25 heavy (non-hydrogen) atoms. The maximum Gasteiger partial charge on any atom is 0.230 e. The zero-order valence-corrected chi connectivity index (χ0v) is 16.2. The molecule has 1 fully saturated rings. The molecule has 3 rings (SSSR count). The number of ether oxygens (including phenoxy) is 1. The van der Waals surface area contributed by atoms with Crippen LogP contribution >= 0.6 is 22.9 Å². The first-order valence-corrected chi connectivity index (χ1v) is 10.7. The second-order valence-corrected chi connectivity index (χ2v) is 9.28. The summed E-state index contributed by atoms with van der Waals surface area (Å²) in [4.78, 5) is 16.9. The van der Waals surface area contributed by atoms with Gasteiger partial charge in [0.25, 0.3) is 0 Å². The number of piperidine rings is 1. The van der Waals surface area contributed by atoms with Crippen molar-refractivity contribution in [3.8, 4) is 5.75 Å². The van der Waals surface area contributed by atoms with Crippen molar-refractivity contribution in [3.05, 3.63) is 17.2 Å². The minimum Gasteiger partial charge on any atom is -0.494 e. The fourth-order valence-corrected chi connectivity index (χ4v) is 4.91. The number of aromatic nitrogens is 1. The largest absolute Gasteiger partial charge is 0.494 e. The monoisotopic (exact) mass is 403 g/mol. The Morgan fingerprint density at radius 2 is 2.24 bits per heavy atom. The number of hydrogen-bond acceptors (Lipinski definition) is 6. The van der Waals surface area contributed by atoms with Crippen molar-refractivity contribution in [2.45, 2.75) is 12.8 Å². The molecule has 0 aliphatic carbocycles. The van der Waals surface area contributed by atoms with Crippen molar-refractivity contribution < 1.29 is 17.9 Å². The van der Waals surface area contributed by atoms with Gasteiger partial charge in [0.2, 0.25) is 15.9 Å². The number of halogens is 1. The Bertz CT molecular complexity index is 913. The molecule has 10 heteroatoms. The van der Waals surface area contributed by atoms with E-state index in [0.29, 0.717) is 40.8 Å². The number of thiazole rings is 1. The van der Waals surface area contributed by atoms with E-state index >= 15 is 0 Å². The summed E-state index contributed by atoms with van der Waals surface area (Å²) >= 11 is 7.45. The van der Waals surface area contributed by atoms with Gasteiger partial charge < -0.3 is 10.1 Å². The van der Waals surface area contributed by atoms with Crippen LogP contribution in [0.2, 0.25) is 5.02 Å². The summed E-state index contributed by atoms with van der Waals surface area (Å²) in [7, 11) is -1.75. The number of fused-ring (bicyclic) bond motifs is 1. The Kier molecular flexibility index (Phi) is 5.19. The Labute approximate surface area is 155 Å². The number of sulfonamides is 1. The van der Waals surface area contributed by atoms with Gasteiger partial charge in [0.1, 0.15) is 11.3 Å². The summed E-state index contributed by atoms with van der Waals surface area (Å²) in [6.07, 6.45) is 2.46. The fourth-order valence-electron chi connectivity index (χ4n) is 2.84. The first-order valence-electron chi connectivity index (χ1n) is 7.68. The molecule has 1 aromatic carbocycles. The van der Waals surface area contributed by atoms with Crippen molar-refractivity contribution in [1.29, 1.82) is 0 Å². The third-order valence-corrected chi connectivity index (χ3v) is 6.83. The lowest BCUT2D eigenvalue weighted by molar-refractivity contribution is -0.120. The molecule has 1 aromatic heterocycles. The van der Waals surface area contributed by atoms with Gasteiger partial charge in [-0.3, -0.25) is 4.79 Å². The molecule has 1 aliphatic heterocycles. The van der Waals surface area contributed by atoms with Gasteiger partial charge in [-0.2, -0.15) is 0 Å². The highest BCUT2D eigenvalue weighted by Gasteiger charge is 2.30. The normalized spacial score (nSPS) is 19.1. The highest BCUT2D eigenvalue weighted by molar-refractivity contribution is 7.88. The van der Waals surface area contributed by atoms with E-state index in [1.807, 2.05) is 0 Å². The minimum atomic E-state index is -3.29. The van der Waals surface area contributed by atoms with Crippen molar-refractivity contribution in [3.63, 3.8) is 0 Å². The highest BCUT2D eigenvalue weighted by Crippen LogP contribution is 2.37. The van der Waals surface area contributed by atoms with Crippen LogP contribution in [0.1, 0.15) is 12.8 Å². The van der Waals surface area contributed by atoms with Crippen LogP contribution in [0.15, 0.2) is 12.1 Å². The molecule has 1 atom stereocenters. The van der Waals surface area contributed by atoms with Crippen LogP contribution in [-0.4, -0.2) is 50.1 Å². The SMILES string of the molecule is COc1ccc(Cl)c2sc(NC(=O)C3CCCN(S(C)(=O)=O)C3)nc12. The second kappa shape index (κ2) is 7.06. The average Bonchev–Trinajstić information content (AvgIpc) is 2.99. The van der Waals surface area contributed by atoms with Gasteiger partial charge in [-0.15, -0.1) is 0 Å². The molecule has 2 aromatic rings. The van der Waals surface area contributed by atoms with Crippen LogP contribution in [0.5, 0.6) is 5.75 Å². The average molecular weight is 404 g/mol. The highest BCUT2D eigenvalue weighted by atomic mass is 35.5. The van der Waals surface area contributed by atoms with Gasteiger partial charge in [0.15, 0.2) is 5.13 Å². The van der Waals surface area contributed by atoms with Gasteiger partial charge in [-0.05, 0) is 25.0 Å². The number of amides is 1. The van der Waals surface area contributed by atoms with Crippen molar-refractivity contribution in [1.82, 2.24) is 9.29 Å². The van der Waals surface area contributed by atoms with Crippen LogP contribution in [0, 0.1) is 5.92 Å². The van der Waals surface area contributed by atoms with Crippen LogP contribution in [0.25, 0.3) is 10.2 Å². The summed E-state index contributed by atoms with van der Waals surface area (Å²) in [6, 6.07) is 3.44. The Morgan fingerprint density at radius 1 is 1.48 bits per heavy atom. The molecule has 1 saturated heterocycles. The summed E-state index contributed by atoms with van der Waals surface area (Å²) in [5, 5.41) is 3.74. The van der Waals surface area contributed by atoms with Gasteiger partial charge in [-0.25, -0.2) is 17.7 Å². The minimum absolute atomic E-state index is 0.194. The molecule has 1 N–H and O–H groups in total. The molecule has 136 valence electrons. The lowest BCUT2D eigenvalue weighted by atomic mass is 9.99. The molecular formula is C15H18ClN3O4S2. The molecule has 1 amide bonds. The number of rotatable bonds is 4. The van der Waals surface area contributed by atoms with E-state index in [-0.39, 0.29) is 12.5 Å². The molecule has 0 saturated carbocycles. The standard InChI is InChI=1S/C15H18ClN3O4S2/c1-23-11-6-5-10(16)13-12(11)17-15(24-13)18-14(20)9-4-3-7-19(8-9)25(2,21)22/h5-6,9H,3-4,7-8H2,1-2H3,(H,17,18,20). The lowest BCUT2D eigenvalue weighted by Crippen LogP contribution is -2.43. The third-order valence-electron chi connectivity index (χ3n) is 4.13. The first kappa shape index (κ1) is 18.4. The van der Waals surface area contributed by atoms with Crippen molar-refractivity contribution in [2.24, 2.45) is 5.92 Å². The molecule has 2 heterocycles. The number of carbonyl (C=O) groups is 1. The molecule has 1 unspecified atom stereocenters. The lowest BCUT2D eigenvalue weighted by Gasteiger charge is -2.29. The molecule has 0 spiro atoms.